The third-order valence-electron chi connectivity index (χ3n) is 3.81. The molecule has 0 saturated carbocycles. The Morgan fingerprint density at radius 3 is 2.00 bits per heavy atom. The first-order valence-corrected chi connectivity index (χ1v) is 9.27. The van der Waals surface area contributed by atoms with Crippen LogP contribution in [0.15, 0.2) is 42.5 Å². The predicted octanol–water partition coefficient (Wildman–Crippen LogP) is 4.77. The van der Waals surface area contributed by atoms with Gasteiger partial charge in [-0.1, -0.05) is 30.3 Å². The average molecular weight is 372 g/mol. The van der Waals surface area contributed by atoms with Crippen LogP contribution in [0.4, 0.5) is 10.5 Å². The molecule has 2 aromatic carbocycles. The summed E-state index contributed by atoms with van der Waals surface area (Å²) in [4.78, 5) is 12.4. The maximum atomic E-state index is 12.4. The molecule has 6 nitrogen and oxygen atoms in total. The fourth-order valence-electron chi connectivity index (χ4n) is 2.65. The van der Waals surface area contributed by atoms with Gasteiger partial charge in [-0.05, 0) is 33.3 Å². The van der Waals surface area contributed by atoms with Crippen molar-refractivity contribution >= 4 is 11.7 Å². The smallest absolute Gasteiger partial charge is 0.319 e. The molecule has 0 aliphatic heterocycles. The number of rotatable bonds is 9. The van der Waals surface area contributed by atoms with Crippen molar-refractivity contribution in [3.05, 3.63) is 48.0 Å². The zero-order valence-electron chi connectivity index (χ0n) is 16.4. The number of carbonyl (C=O) groups is 1. The lowest BCUT2D eigenvalue weighted by Crippen LogP contribution is -2.31. The number of amides is 2. The molecule has 2 aromatic rings. The van der Waals surface area contributed by atoms with Gasteiger partial charge in [-0.15, -0.1) is 0 Å². The molecule has 27 heavy (non-hydrogen) atoms. The first-order chi connectivity index (χ1) is 13.1. The predicted molar refractivity (Wildman–Crippen MR) is 107 cm³/mol. The normalized spacial score (nSPS) is 11.4. The second kappa shape index (κ2) is 10.3. The van der Waals surface area contributed by atoms with E-state index in [-0.39, 0.29) is 12.1 Å². The molecule has 2 rings (SSSR count). The first-order valence-electron chi connectivity index (χ1n) is 9.27. The van der Waals surface area contributed by atoms with E-state index in [9.17, 15) is 4.79 Å². The summed E-state index contributed by atoms with van der Waals surface area (Å²) in [6.45, 7) is 9.07. The van der Waals surface area contributed by atoms with Crippen molar-refractivity contribution in [3.8, 4) is 17.2 Å². The number of carbonyl (C=O) groups excluding carboxylic acids is 1. The second-order valence-electron chi connectivity index (χ2n) is 5.83. The van der Waals surface area contributed by atoms with Crippen LogP contribution in [0.2, 0.25) is 0 Å². The van der Waals surface area contributed by atoms with Gasteiger partial charge in [-0.2, -0.15) is 0 Å². The van der Waals surface area contributed by atoms with Crippen LogP contribution >= 0.6 is 0 Å². The molecule has 1 unspecified atom stereocenters. The SMILES string of the molecule is CCOc1cc(NC(=O)NC(C)c2ccccc2)cc(OCC)c1OCC. The maximum absolute atomic E-state index is 12.4. The zero-order chi connectivity index (χ0) is 19.6. The van der Waals surface area contributed by atoms with Crippen molar-refractivity contribution in [2.75, 3.05) is 25.1 Å². The van der Waals surface area contributed by atoms with Crippen LogP contribution in [0.5, 0.6) is 17.2 Å². The van der Waals surface area contributed by atoms with Gasteiger partial charge in [0.2, 0.25) is 5.75 Å². The van der Waals surface area contributed by atoms with E-state index in [0.717, 1.165) is 5.56 Å². The Labute approximate surface area is 160 Å². The van der Waals surface area contributed by atoms with Crippen LogP contribution in [0.25, 0.3) is 0 Å². The largest absolute Gasteiger partial charge is 0.490 e. The lowest BCUT2D eigenvalue weighted by Gasteiger charge is -2.18. The number of benzene rings is 2. The first kappa shape index (κ1) is 20.4. The van der Waals surface area contributed by atoms with E-state index in [1.165, 1.54) is 0 Å². The summed E-state index contributed by atoms with van der Waals surface area (Å²) < 4.78 is 17.0. The summed E-state index contributed by atoms with van der Waals surface area (Å²) >= 11 is 0. The highest BCUT2D eigenvalue weighted by atomic mass is 16.5. The van der Waals surface area contributed by atoms with Crippen LogP contribution in [0.1, 0.15) is 39.3 Å². The maximum Gasteiger partial charge on any atom is 0.319 e. The molecule has 2 amide bonds. The molecule has 6 heteroatoms. The van der Waals surface area contributed by atoms with E-state index >= 15 is 0 Å². The van der Waals surface area contributed by atoms with Crippen molar-refractivity contribution in [2.45, 2.75) is 33.7 Å². The third kappa shape index (κ3) is 5.81. The van der Waals surface area contributed by atoms with Gasteiger partial charge in [0.1, 0.15) is 0 Å². The summed E-state index contributed by atoms with van der Waals surface area (Å²) in [6, 6.07) is 12.8. The molecule has 1 atom stereocenters. The number of hydrogen-bond acceptors (Lipinski definition) is 4. The summed E-state index contributed by atoms with van der Waals surface area (Å²) in [5.41, 5.74) is 1.60. The van der Waals surface area contributed by atoms with Gasteiger partial charge in [-0.25, -0.2) is 4.79 Å². The number of urea groups is 1. The van der Waals surface area contributed by atoms with Crippen molar-refractivity contribution in [1.29, 1.82) is 0 Å². The molecule has 0 radical (unpaired) electrons. The van der Waals surface area contributed by atoms with Crippen LogP contribution in [0.3, 0.4) is 0 Å². The van der Waals surface area contributed by atoms with Gasteiger partial charge in [0.15, 0.2) is 11.5 Å². The van der Waals surface area contributed by atoms with Gasteiger partial charge in [-0.3, -0.25) is 0 Å². The molecule has 2 N–H and O–H groups in total. The molecule has 0 bridgehead atoms. The van der Waals surface area contributed by atoms with E-state index in [2.05, 4.69) is 10.6 Å². The molecule has 0 aliphatic rings. The van der Waals surface area contributed by atoms with Crippen LogP contribution in [0, 0.1) is 0 Å². The zero-order valence-corrected chi connectivity index (χ0v) is 16.4. The van der Waals surface area contributed by atoms with Gasteiger partial charge in [0.25, 0.3) is 0 Å². The monoisotopic (exact) mass is 372 g/mol. The summed E-state index contributed by atoms with van der Waals surface area (Å²) in [7, 11) is 0. The Morgan fingerprint density at radius 1 is 0.926 bits per heavy atom. The van der Waals surface area contributed by atoms with E-state index < -0.39 is 0 Å². The molecule has 0 fully saturated rings. The lowest BCUT2D eigenvalue weighted by atomic mass is 10.1. The number of nitrogens with one attached hydrogen (secondary N) is 2. The van der Waals surface area contributed by atoms with Crippen LogP contribution < -0.4 is 24.8 Å². The highest BCUT2D eigenvalue weighted by Gasteiger charge is 2.17. The van der Waals surface area contributed by atoms with Crippen molar-refractivity contribution < 1.29 is 19.0 Å². The molecular formula is C21H28N2O4. The van der Waals surface area contributed by atoms with E-state index in [4.69, 9.17) is 14.2 Å². The molecule has 0 saturated heterocycles. The summed E-state index contributed by atoms with van der Waals surface area (Å²) in [6.07, 6.45) is 0. The Bertz CT molecular complexity index is 707. The van der Waals surface area contributed by atoms with Gasteiger partial charge >= 0.3 is 6.03 Å². The van der Waals surface area contributed by atoms with E-state index in [1.54, 1.807) is 12.1 Å². The number of hydrogen-bond donors (Lipinski definition) is 2. The molecular weight excluding hydrogens is 344 g/mol. The quantitative estimate of drug-likeness (QED) is 0.665. The topological polar surface area (TPSA) is 68.8 Å². The fourth-order valence-corrected chi connectivity index (χ4v) is 2.65. The Kier molecular flexibility index (Phi) is 7.79. The number of anilines is 1. The highest BCUT2D eigenvalue weighted by Crippen LogP contribution is 2.40. The molecule has 146 valence electrons. The van der Waals surface area contributed by atoms with E-state index in [0.29, 0.717) is 42.8 Å². The Hall–Kier alpha value is -2.89. The van der Waals surface area contributed by atoms with Crippen molar-refractivity contribution in [1.82, 2.24) is 5.32 Å². The molecule has 0 heterocycles. The van der Waals surface area contributed by atoms with Crippen LogP contribution in [-0.4, -0.2) is 25.9 Å². The Morgan fingerprint density at radius 2 is 1.48 bits per heavy atom. The Balaban J connectivity index is 2.17. The van der Waals surface area contributed by atoms with Gasteiger partial charge in [0, 0.05) is 12.1 Å². The van der Waals surface area contributed by atoms with E-state index in [1.807, 2.05) is 58.0 Å². The lowest BCUT2D eigenvalue weighted by molar-refractivity contribution is 0.249. The van der Waals surface area contributed by atoms with Gasteiger partial charge < -0.3 is 24.8 Å². The fraction of sp³-hybridized carbons (Fsp3) is 0.381. The second-order valence-corrected chi connectivity index (χ2v) is 5.83. The minimum absolute atomic E-state index is 0.119. The van der Waals surface area contributed by atoms with Crippen molar-refractivity contribution in [3.63, 3.8) is 0 Å². The summed E-state index contributed by atoms with van der Waals surface area (Å²) in [5.74, 6) is 1.62. The van der Waals surface area contributed by atoms with Crippen molar-refractivity contribution in [2.24, 2.45) is 0 Å². The number of ether oxygens (including phenoxy) is 3. The average Bonchev–Trinajstić information content (AvgIpc) is 2.65. The minimum atomic E-state index is -0.305. The highest BCUT2D eigenvalue weighted by molar-refractivity contribution is 5.90. The molecule has 0 aliphatic carbocycles. The van der Waals surface area contributed by atoms with Gasteiger partial charge in [0.05, 0.1) is 31.5 Å². The molecule has 0 spiro atoms. The summed E-state index contributed by atoms with van der Waals surface area (Å²) in [5, 5.41) is 5.77. The van der Waals surface area contributed by atoms with Crippen LogP contribution in [-0.2, 0) is 0 Å². The third-order valence-corrected chi connectivity index (χ3v) is 3.81. The standard InChI is InChI=1S/C21H28N2O4/c1-5-25-18-13-17(14-19(26-6-2)20(18)27-7-3)23-21(24)22-15(4)16-11-9-8-10-12-16/h8-15H,5-7H2,1-4H3,(H2,22,23,24). The molecule has 0 aromatic heterocycles. The minimum Gasteiger partial charge on any atom is -0.490 e.